The maximum absolute atomic E-state index is 10.5. The van der Waals surface area contributed by atoms with Crippen molar-refractivity contribution in [2.24, 2.45) is 5.41 Å². The predicted molar refractivity (Wildman–Crippen MR) is 105 cm³/mol. The number of hydrogen-bond acceptors (Lipinski definition) is 3. The Kier molecular flexibility index (Phi) is 5.52. The van der Waals surface area contributed by atoms with E-state index < -0.39 is 6.10 Å². The molecule has 4 heteroatoms. The van der Waals surface area contributed by atoms with Crippen molar-refractivity contribution in [3.05, 3.63) is 71.9 Å². The maximum atomic E-state index is 10.5. The summed E-state index contributed by atoms with van der Waals surface area (Å²) in [6, 6.07) is 13.8. The topological polar surface area (TPSA) is 61.8 Å². The molecule has 0 saturated carbocycles. The Bertz CT molecular complexity index is 822. The first-order chi connectivity index (χ1) is 12.5. The quantitative estimate of drug-likeness (QED) is 0.648. The number of aliphatic hydroxyl groups is 1. The lowest BCUT2D eigenvalue weighted by Crippen LogP contribution is -2.13. The van der Waals surface area contributed by atoms with E-state index in [9.17, 15) is 5.11 Å². The van der Waals surface area contributed by atoms with Gasteiger partial charge in [0, 0.05) is 30.1 Å². The molecular formula is C22H27N3O. The lowest BCUT2D eigenvalue weighted by Gasteiger charge is -2.21. The van der Waals surface area contributed by atoms with E-state index in [-0.39, 0.29) is 5.41 Å². The summed E-state index contributed by atoms with van der Waals surface area (Å²) >= 11 is 0. The van der Waals surface area contributed by atoms with Crippen molar-refractivity contribution in [1.82, 2.24) is 15.0 Å². The third-order valence-electron chi connectivity index (χ3n) is 4.95. The van der Waals surface area contributed by atoms with Gasteiger partial charge in [-0.15, -0.1) is 0 Å². The standard InChI is InChI=1S/C22H27N3O/c1-4-22(2,3)14-18-15-24-21(25-18)13-20(26)17-10-8-16(9-11-17)19-7-5-6-12-23-19/h5-12,15,20,26H,4,13-14H2,1-3H3,(H,24,25). The van der Waals surface area contributed by atoms with E-state index in [2.05, 4.69) is 35.7 Å². The van der Waals surface area contributed by atoms with Crippen LogP contribution in [-0.4, -0.2) is 20.1 Å². The molecule has 0 fully saturated rings. The van der Waals surface area contributed by atoms with E-state index >= 15 is 0 Å². The summed E-state index contributed by atoms with van der Waals surface area (Å²) in [6.45, 7) is 6.71. The van der Waals surface area contributed by atoms with Crippen molar-refractivity contribution < 1.29 is 5.11 Å². The molecule has 0 bridgehead atoms. The van der Waals surface area contributed by atoms with Gasteiger partial charge in [0.2, 0.25) is 0 Å². The minimum absolute atomic E-state index is 0.254. The van der Waals surface area contributed by atoms with Crippen LogP contribution in [0.15, 0.2) is 54.9 Å². The van der Waals surface area contributed by atoms with Crippen LogP contribution in [0.5, 0.6) is 0 Å². The highest BCUT2D eigenvalue weighted by molar-refractivity contribution is 5.59. The zero-order valence-electron chi connectivity index (χ0n) is 15.7. The van der Waals surface area contributed by atoms with Crippen molar-refractivity contribution in [1.29, 1.82) is 0 Å². The summed E-state index contributed by atoms with van der Waals surface area (Å²) in [5, 5.41) is 10.5. The summed E-state index contributed by atoms with van der Waals surface area (Å²) in [7, 11) is 0. The number of aromatic nitrogens is 3. The monoisotopic (exact) mass is 349 g/mol. The van der Waals surface area contributed by atoms with Crippen LogP contribution in [0, 0.1) is 5.41 Å². The first kappa shape index (κ1) is 18.3. The van der Waals surface area contributed by atoms with E-state index in [0.29, 0.717) is 6.42 Å². The molecule has 0 saturated heterocycles. The van der Waals surface area contributed by atoms with E-state index in [4.69, 9.17) is 0 Å². The lowest BCUT2D eigenvalue weighted by molar-refractivity contribution is 0.176. The average molecular weight is 349 g/mol. The number of hydrogen-bond donors (Lipinski definition) is 2. The zero-order valence-corrected chi connectivity index (χ0v) is 15.7. The fourth-order valence-corrected chi connectivity index (χ4v) is 2.95. The number of imidazole rings is 1. The summed E-state index contributed by atoms with van der Waals surface area (Å²) in [4.78, 5) is 12.2. The molecule has 1 unspecified atom stereocenters. The molecule has 26 heavy (non-hydrogen) atoms. The Morgan fingerprint density at radius 1 is 1.08 bits per heavy atom. The van der Waals surface area contributed by atoms with Gasteiger partial charge >= 0.3 is 0 Å². The Morgan fingerprint density at radius 2 is 1.85 bits per heavy atom. The van der Waals surface area contributed by atoms with Gasteiger partial charge in [0.25, 0.3) is 0 Å². The van der Waals surface area contributed by atoms with Crippen LogP contribution in [0.2, 0.25) is 0 Å². The Hall–Kier alpha value is -2.46. The van der Waals surface area contributed by atoms with Crippen LogP contribution < -0.4 is 0 Å². The lowest BCUT2D eigenvalue weighted by atomic mass is 9.85. The normalized spacial score (nSPS) is 12.9. The number of rotatable bonds is 7. The molecule has 3 aromatic rings. The number of pyridine rings is 1. The molecule has 0 aliphatic carbocycles. The highest BCUT2D eigenvalue weighted by Crippen LogP contribution is 2.25. The molecule has 0 aliphatic rings. The summed E-state index contributed by atoms with van der Waals surface area (Å²) in [5.74, 6) is 0.827. The van der Waals surface area contributed by atoms with Gasteiger partial charge < -0.3 is 10.1 Å². The summed E-state index contributed by atoms with van der Waals surface area (Å²) in [5.41, 5.74) is 4.25. The second-order valence-corrected chi connectivity index (χ2v) is 7.61. The summed E-state index contributed by atoms with van der Waals surface area (Å²) in [6.07, 6.45) is 5.66. The average Bonchev–Trinajstić information content (AvgIpc) is 3.08. The minimum atomic E-state index is -0.578. The first-order valence-electron chi connectivity index (χ1n) is 9.19. The van der Waals surface area contributed by atoms with Crippen molar-refractivity contribution in [2.75, 3.05) is 0 Å². The Morgan fingerprint density at radius 3 is 2.50 bits per heavy atom. The molecule has 1 aromatic carbocycles. The van der Waals surface area contributed by atoms with Crippen LogP contribution in [0.25, 0.3) is 11.3 Å². The molecular weight excluding hydrogens is 322 g/mol. The zero-order chi connectivity index (χ0) is 18.6. The number of aromatic amines is 1. The smallest absolute Gasteiger partial charge is 0.109 e. The molecule has 0 amide bonds. The van der Waals surface area contributed by atoms with E-state index in [1.54, 1.807) is 6.20 Å². The Labute approximate surface area is 155 Å². The van der Waals surface area contributed by atoms with Crippen LogP contribution >= 0.6 is 0 Å². The van der Waals surface area contributed by atoms with E-state index in [1.807, 2.05) is 48.7 Å². The van der Waals surface area contributed by atoms with Crippen LogP contribution in [0.4, 0.5) is 0 Å². The van der Waals surface area contributed by atoms with Crippen molar-refractivity contribution in [3.8, 4) is 11.3 Å². The minimum Gasteiger partial charge on any atom is -0.388 e. The molecule has 2 N–H and O–H groups in total. The SMILES string of the molecule is CCC(C)(C)Cc1cnc(CC(O)c2ccc(-c3ccccn3)cc2)[nH]1. The molecule has 2 aromatic heterocycles. The number of benzene rings is 1. The van der Waals surface area contributed by atoms with Crippen molar-refractivity contribution in [3.63, 3.8) is 0 Å². The van der Waals surface area contributed by atoms with Crippen LogP contribution in [0.3, 0.4) is 0 Å². The number of aliphatic hydroxyl groups excluding tert-OH is 1. The Balaban J connectivity index is 1.65. The highest BCUT2D eigenvalue weighted by atomic mass is 16.3. The van der Waals surface area contributed by atoms with Gasteiger partial charge in [-0.25, -0.2) is 4.98 Å². The first-order valence-corrected chi connectivity index (χ1v) is 9.19. The molecule has 0 aliphatic heterocycles. The molecule has 3 rings (SSSR count). The third-order valence-corrected chi connectivity index (χ3v) is 4.95. The van der Waals surface area contributed by atoms with Gasteiger partial charge in [0.05, 0.1) is 11.8 Å². The van der Waals surface area contributed by atoms with Crippen LogP contribution in [0.1, 0.15) is 50.4 Å². The van der Waals surface area contributed by atoms with Gasteiger partial charge in [-0.2, -0.15) is 0 Å². The molecule has 0 spiro atoms. The van der Waals surface area contributed by atoms with Crippen molar-refractivity contribution in [2.45, 2.75) is 46.1 Å². The second kappa shape index (κ2) is 7.83. The molecule has 136 valence electrons. The molecule has 1 atom stereocenters. The number of nitrogens with zero attached hydrogens (tertiary/aromatic N) is 2. The largest absolute Gasteiger partial charge is 0.388 e. The predicted octanol–water partition coefficient (Wildman–Crippen LogP) is 4.73. The molecule has 4 nitrogen and oxygen atoms in total. The van der Waals surface area contributed by atoms with Gasteiger partial charge in [-0.3, -0.25) is 4.98 Å². The molecule has 0 radical (unpaired) electrons. The van der Waals surface area contributed by atoms with Gasteiger partial charge in [-0.1, -0.05) is 57.5 Å². The molecule has 2 heterocycles. The second-order valence-electron chi connectivity index (χ2n) is 7.61. The highest BCUT2D eigenvalue weighted by Gasteiger charge is 2.18. The number of nitrogens with one attached hydrogen (secondary N) is 1. The number of H-pyrrole nitrogens is 1. The maximum Gasteiger partial charge on any atom is 0.109 e. The fourth-order valence-electron chi connectivity index (χ4n) is 2.95. The van der Waals surface area contributed by atoms with E-state index in [0.717, 1.165) is 41.2 Å². The van der Waals surface area contributed by atoms with Crippen LogP contribution in [-0.2, 0) is 12.8 Å². The van der Waals surface area contributed by atoms with Gasteiger partial charge in [0.15, 0.2) is 0 Å². The van der Waals surface area contributed by atoms with Gasteiger partial charge in [0.1, 0.15) is 5.82 Å². The van der Waals surface area contributed by atoms with Crippen molar-refractivity contribution >= 4 is 0 Å². The van der Waals surface area contributed by atoms with Gasteiger partial charge in [-0.05, 0) is 29.5 Å². The third kappa shape index (κ3) is 4.58. The van der Waals surface area contributed by atoms with E-state index in [1.165, 1.54) is 0 Å². The summed E-state index contributed by atoms with van der Waals surface area (Å²) < 4.78 is 0. The fraction of sp³-hybridized carbons (Fsp3) is 0.364.